The van der Waals surface area contributed by atoms with Crippen LogP contribution in [0.5, 0.6) is 0 Å². The number of non-ortho nitro benzene ring substituents is 1. The molecule has 4 rings (SSSR count). The first-order valence-corrected chi connectivity index (χ1v) is 6.72. The van der Waals surface area contributed by atoms with Gasteiger partial charge in [-0.3, -0.25) is 15.1 Å². The van der Waals surface area contributed by atoms with E-state index in [0.717, 1.165) is 10.9 Å². The molecule has 0 atom stereocenters. The maximum atomic E-state index is 10.8. The first-order valence-electron chi connectivity index (χ1n) is 6.72. The second kappa shape index (κ2) is 5.02. The van der Waals surface area contributed by atoms with Gasteiger partial charge in [0.1, 0.15) is 5.69 Å². The molecule has 0 bridgehead atoms. The summed E-state index contributed by atoms with van der Waals surface area (Å²) in [5.41, 5.74) is 1.98. The van der Waals surface area contributed by atoms with Gasteiger partial charge in [-0.2, -0.15) is 0 Å². The number of rotatable bonds is 3. The van der Waals surface area contributed by atoms with E-state index in [1.54, 1.807) is 30.6 Å². The van der Waals surface area contributed by atoms with E-state index in [1.807, 2.05) is 6.07 Å². The maximum absolute atomic E-state index is 10.8. The van der Waals surface area contributed by atoms with Crippen LogP contribution in [0.2, 0.25) is 0 Å². The zero-order chi connectivity index (χ0) is 15.8. The van der Waals surface area contributed by atoms with Crippen molar-refractivity contribution >= 4 is 16.6 Å². The molecular weight excluding hydrogens is 298 g/mol. The molecule has 0 saturated heterocycles. The Morgan fingerprint density at radius 3 is 2.78 bits per heavy atom. The number of benzene rings is 1. The van der Waals surface area contributed by atoms with Crippen molar-refractivity contribution in [2.45, 2.75) is 0 Å². The van der Waals surface area contributed by atoms with Crippen molar-refractivity contribution in [1.82, 2.24) is 20.2 Å². The van der Waals surface area contributed by atoms with E-state index in [2.05, 4.69) is 20.2 Å². The minimum atomic E-state index is -0.437. The number of nitro groups is 1. The number of aromatic amines is 1. The molecule has 0 spiro atoms. The summed E-state index contributed by atoms with van der Waals surface area (Å²) in [6.07, 6.45) is 3.29. The monoisotopic (exact) mass is 307 g/mol. The lowest BCUT2D eigenvalue weighted by Gasteiger charge is -1.91. The van der Waals surface area contributed by atoms with Crippen molar-refractivity contribution in [3.05, 3.63) is 58.9 Å². The number of H-pyrrole nitrogens is 1. The third-order valence-corrected chi connectivity index (χ3v) is 3.38. The Kier molecular flexibility index (Phi) is 2.87. The van der Waals surface area contributed by atoms with Gasteiger partial charge in [-0.25, -0.2) is 0 Å². The number of nitrogens with zero attached hydrogens (tertiary/aromatic N) is 4. The van der Waals surface area contributed by atoms with E-state index in [4.69, 9.17) is 4.42 Å². The normalized spacial score (nSPS) is 11.0. The second-order valence-electron chi connectivity index (χ2n) is 4.87. The molecule has 1 aromatic carbocycles. The molecule has 23 heavy (non-hydrogen) atoms. The molecule has 0 unspecified atom stereocenters. The number of nitro benzene ring substituents is 1. The molecule has 8 heteroatoms. The standard InChI is InChI=1S/C15H9N5O3/c21-20(22)11-4-3-9-6-13(17-12(9)7-11)15-19-18-14(23-15)10-2-1-5-16-8-10/h1-8,17H. The van der Waals surface area contributed by atoms with Crippen LogP contribution in [0.1, 0.15) is 0 Å². The van der Waals surface area contributed by atoms with Crippen molar-refractivity contribution in [3.63, 3.8) is 0 Å². The lowest BCUT2D eigenvalue weighted by Crippen LogP contribution is -1.86. The summed E-state index contributed by atoms with van der Waals surface area (Å²) in [5.74, 6) is 0.667. The summed E-state index contributed by atoms with van der Waals surface area (Å²) in [5, 5.41) is 19.7. The second-order valence-corrected chi connectivity index (χ2v) is 4.87. The summed E-state index contributed by atoms with van der Waals surface area (Å²) in [6.45, 7) is 0. The zero-order valence-electron chi connectivity index (χ0n) is 11.6. The first-order chi connectivity index (χ1) is 11.2. The summed E-state index contributed by atoms with van der Waals surface area (Å²) < 4.78 is 5.64. The summed E-state index contributed by atoms with van der Waals surface area (Å²) >= 11 is 0. The van der Waals surface area contributed by atoms with E-state index < -0.39 is 4.92 Å². The Bertz CT molecular complexity index is 1010. The minimum absolute atomic E-state index is 0.0208. The molecule has 3 aromatic heterocycles. The molecule has 8 nitrogen and oxygen atoms in total. The van der Waals surface area contributed by atoms with Gasteiger partial charge in [0.2, 0.25) is 5.89 Å². The van der Waals surface area contributed by atoms with E-state index in [0.29, 0.717) is 23.0 Å². The van der Waals surface area contributed by atoms with Crippen molar-refractivity contribution in [2.24, 2.45) is 0 Å². The van der Waals surface area contributed by atoms with Crippen LogP contribution in [0.3, 0.4) is 0 Å². The van der Waals surface area contributed by atoms with Crippen LogP contribution in [0, 0.1) is 10.1 Å². The van der Waals surface area contributed by atoms with Crippen LogP contribution in [0.15, 0.2) is 53.2 Å². The number of hydrogen-bond acceptors (Lipinski definition) is 6. The van der Waals surface area contributed by atoms with Crippen LogP contribution in [-0.2, 0) is 0 Å². The van der Waals surface area contributed by atoms with Crippen LogP contribution in [0.4, 0.5) is 5.69 Å². The fourth-order valence-electron chi connectivity index (χ4n) is 2.28. The lowest BCUT2D eigenvalue weighted by molar-refractivity contribution is -0.384. The molecule has 112 valence electrons. The van der Waals surface area contributed by atoms with E-state index in [1.165, 1.54) is 12.1 Å². The maximum Gasteiger partial charge on any atom is 0.271 e. The van der Waals surface area contributed by atoms with Gasteiger partial charge < -0.3 is 9.40 Å². The first kappa shape index (κ1) is 13.1. The highest BCUT2D eigenvalue weighted by atomic mass is 16.6. The Morgan fingerprint density at radius 1 is 1.13 bits per heavy atom. The smallest absolute Gasteiger partial charge is 0.271 e. The third kappa shape index (κ3) is 2.31. The van der Waals surface area contributed by atoms with Crippen LogP contribution in [-0.4, -0.2) is 25.1 Å². The van der Waals surface area contributed by atoms with Gasteiger partial charge in [-0.05, 0) is 24.3 Å². The largest absolute Gasteiger partial charge is 0.415 e. The van der Waals surface area contributed by atoms with Gasteiger partial charge in [0.05, 0.1) is 16.0 Å². The summed E-state index contributed by atoms with van der Waals surface area (Å²) in [6, 6.07) is 10.00. The van der Waals surface area contributed by atoms with E-state index >= 15 is 0 Å². The molecule has 0 aliphatic heterocycles. The number of hydrogen-bond donors (Lipinski definition) is 1. The van der Waals surface area contributed by atoms with Gasteiger partial charge in [-0.15, -0.1) is 10.2 Å². The molecule has 0 radical (unpaired) electrons. The average Bonchev–Trinajstić information content (AvgIpc) is 3.21. The number of nitrogens with one attached hydrogen (secondary N) is 1. The van der Waals surface area contributed by atoms with Crippen LogP contribution >= 0.6 is 0 Å². The Balaban J connectivity index is 1.75. The van der Waals surface area contributed by atoms with Gasteiger partial charge >= 0.3 is 0 Å². The molecule has 1 N–H and O–H groups in total. The van der Waals surface area contributed by atoms with Crippen molar-refractivity contribution in [1.29, 1.82) is 0 Å². The third-order valence-electron chi connectivity index (χ3n) is 3.38. The van der Waals surface area contributed by atoms with Gasteiger partial charge in [-0.1, -0.05) is 0 Å². The summed E-state index contributed by atoms with van der Waals surface area (Å²) in [4.78, 5) is 17.4. The highest BCUT2D eigenvalue weighted by Crippen LogP contribution is 2.27. The highest BCUT2D eigenvalue weighted by Gasteiger charge is 2.14. The molecule has 3 heterocycles. The zero-order valence-corrected chi connectivity index (χ0v) is 11.6. The van der Waals surface area contributed by atoms with Gasteiger partial charge in [0, 0.05) is 29.9 Å². The molecule has 0 saturated carbocycles. The molecular formula is C15H9N5O3. The lowest BCUT2D eigenvalue weighted by atomic mass is 10.2. The SMILES string of the molecule is O=[N+]([O-])c1ccc2cc(-c3nnc(-c4cccnc4)o3)[nH]c2c1. The predicted molar refractivity (Wildman–Crippen MR) is 81.5 cm³/mol. The van der Waals surface area contributed by atoms with Crippen molar-refractivity contribution in [3.8, 4) is 23.0 Å². The van der Waals surface area contributed by atoms with E-state index in [-0.39, 0.29) is 5.69 Å². The van der Waals surface area contributed by atoms with Gasteiger partial charge in [0.25, 0.3) is 11.6 Å². The number of aromatic nitrogens is 4. The summed E-state index contributed by atoms with van der Waals surface area (Å²) in [7, 11) is 0. The average molecular weight is 307 g/mol. The molecule has 0 fully saturated rings. The number of fused-ring (bicyclic) bond motifs is 1. The Morgan fingerprint density at radius 2 is 2.00 bits per heavy atom. The topological polar surface area (TPSA) is 111 Å². The molecule has 4 aromatic rings. The van der Waals surface area contributed by atoms with Crippen LogP contribution < -0.4 is 0 Å². The molecule has 0 amide bonds. The highest BCUT2D eigenvalue weighted by molar-refractivity contribution is 5.86. The fraction of sp³-hybridized carbons (Fsp3) is 0. The Hall–Kier alpha value is -3.55. The van der Waals surface area contributed by atoms with Crippen molar-refractivity contribution < 1.29 is 9.34 Å². The number of pyridine rings is 1. The molecule has 0 aliphatic carbocycles. The van der Waals surface area contributed by atoms with Crippen molar-refractivity contribution in [2.75, 3.05) is 0 Å². The quantitative estimate of drug-likeness (QED) is 0.459. The fourth-order valence-corrected chi connectivity index (χ4v) is 2.28. The predicted octanol–water partition coefficient (Wildman–Crippen LogP) is 3.19. The van der Waals surface area contributed by atoms with E-state index in [9.17, 15) is 10.1 Å². The Labute approximate surface area is 129 Å². The minimum Gasteiger partial charge on any atom is -0.415 e. The molecule has 0 aliphatic rings. The van der Waals surface area contributed by atoms with Gasteiger partial charge in [0.15, 0.2) is 0 Å². The van der Waals surface area contributed by atoms with Crippen LogP contribution in [0.25, 0.3) is 33.9 Å².